The second-order valence-corrected chi connectivity index (χ2v) is 19.5. The van der Waals surface area contributed by atoms with Crippen LogP contribution >= 0.6 is 0 Å². The number of imidazole rings is 2. The number of hydrogen-bond acceptors (Lipinski definition) is 8. The van der Waals surface area contributed by atoms with Crippen LogP contribution in [0.3, 0.4) is 0 Å². The van der Waals surface area contributed by atoms with E-state index < -0.39 is 24.3 Å². The van der Waals surface area contributed by atoms with Gasteiger partial charge in [0.25, 0.3) is 0 Å². The van der Waals surface area contributed by atoms with Gasteiger partial charge in [-0.05, 0) is 127 Å². The molecule has 12 rings (SSSR count). The number of methoxy groups -OCH3 is 2. The molecular weight excluding hydrogens is 833 g/mol. The summed E-state index contributed by atoms with van der Waals surface area (Å²) in [6.07, 6.45) is 10.8. The lowest BCUT2D eigenvalue weighted by molar-refractivity contribution is -0.138. The number of benzene rings is 3. The number of H-pyrrole nitrogens is 2. The molecule has 0 unspecified atom stereocenters. The van der Waals surface area contributed by atoms with Crippen LogP contribution in [0.2, 0.25) is 0 Å². The van der Waals surface area contributed by atoms with E-state index in [1.807, 2.05) is 43.7 Å². The molecule has 3 aromatic carbocycles. The zero-order chi connectivity index (χ0) is 46.2. The highest BCUT2D eigenvalue weighted by Gasteiger charge is 2.48. The maximum Gasteiger partial charge on any atom is 0.407 e. The van der Waals surface area contributed by atoms with Gasteiger partial charge in [0.2, 0.25) is 11.8 Å². The van der Waals surface area contributed by atoms with E-state index in [1.165, 1.54) is 42.0 Å². The van der Waals surface area contributed by atoms with E-state index in [2.05, 4.69) is 75.2 Å². The molecule has 2 saturated heterocycles. The van der Waals surface area contributed by atoms with E-state index in [0.29, 0.717) is 12.5 Å². The van der Waals surface area contributed by atoms with Crippen LogP contribution in [-0.4, -0.2) is 92.6 Å². The second kappa shape index (κ2) is 19.0. The van der Waals surface area contributed by atoms with Gasteiger partial charge in [-0.1, -0.05) is 76.9 Å². The van der Waals surface area contributed by atoms with Crippen LogP contribution in [0.15, 0.2) is 60.8 Å². The molecule has 14 nitrogen and oxygen atoms in total. The monoisotopic (exact) mass is 896 g/mol. The molecule has 0 radical (unpaired) electrons. The molecule has 0 spiro atoms. The first-order chi connectivity index (χ1) is 31.9. The first kappa shape index (κ1) is 45.0. The number of amides is 4. The molecule has 7 aliphatic rings. The van der Waals surface area contributed by atoms with Crippen LogP contribution in [0, 0.1) is 17.8 Å². The Hall–Kier alpha value is -6.18. The van der Waals surface area contributed by atoms with Crippen LogP contribution in [0.25, 0.3) is 33.4 Å². The minimum atomic E-state index is -0.695. The summed E-state index contributed by atoms with van der Waals surface area (Å²) in [5, 5.41) is 5.57. The van der Waals surface area contributed by atoms with Crippen molar-refractivity contribution in [2.75, 3.05) is 20.8 Å². The van der Waals surface area contributed by atoms with Gasteiger partial charge in [0.05, 0.1) is 49.2 Å². The Balaban J connectivity index is 0.955. The van der Waals surface area contributed by atoms with Gasteiger partial charge in [0.15, 0.2) is 0 Å². The molecule has 4 heterocycles. The van der Waals surface area contributed by atoms with Gasteiger partial charge in [-0.15, -0.1) is 0 Å². The number of ether oxygens (including phenoxy) is 2. The number of aromatic nitrogens is 4. The molecule has 3 fully saturated rings. The Morgan fingerprint density at radius 2 is 1.35 bits per heavy atom. The lowest BCUT2D eigenvalue weighted by Crippen LogP contribution is -2.53. The normalized spacial score (nSPS) is 21.4. The smallest absolute Gasteiger partial charge is 0.407 e. The predicted octanol–water partition coefficient (Wildman–Crippen LogP) is 8.76. The van der Waals surface area contributed by atoms with Gasteiger partial charge in [-0.2, -0.15) is 0 Å². The summed E-state index contributed by atoms with van der Waals surface area (Å²) in [6.45, 7) is 8.36. The molecule has 4 bridgehead atoms. The summed E-state index contributed by atoms with van der Waals surface area (Å²) in [7, 11) is 2.63. The molecule has 4 N–H and O–H groups in total. The van der Waals surface area contributed by atoms with E-state index in [9.17, 15) is 19.2 Å². The van der Waals surface area contributed by atoms with Crippen LogP contribution in [0.1, 0.15) is 119 Å². The number of fused-ring (bicyclic) bond motifs is 2. The second-order valence-electron chi connectivity index (χ2n) is 19.5. The number of carbonyl (C=O) groups is 4. The number of likely N-dealkylation sites (tertiary alicyclic amines) is 2. The van der Waals surface area contributed by atoms with Gasteiger partial charge in [0.1, 0.15) is 23.7 Å². The quantitative estimate of drug-likeness (QED) is 0.108. The van der Waals surface area contributed by atoms with Crippen molar-refractivity contribution >= 4 is 35.0 Å². The highest BCUT2D eigenvalue weighted by Crippen LogP contribution is 2.47. The van der Waals surface area contributed by atoms with Crippen molar-refractivity contribution < 1.29 is 28.7 Å². The van der Waals surface area contributed by atoms with Crippen LogP contribution in [0.5, 0.6) is 0 Å². The number of aromatic amines is 2. The number of hydrogen-bond donors (Lipinski definition) is 4. The molecule has 1 saturated carbocycles. The van der Waals surface area contributed by atoms with Crippen LogP contribution in [-0.2, 0) is 44.7 Å². The fourth-order valence-electron chi connectivity index (χ4n) is 11.1. The molecule has 6 atom stereocenters. The predicted molar refractivity (Wildman–Crippen MR) is 252 cm³/mol. The third-order valence-corrected chi connectivity index (χ3v) is 14.7. The maximum atomic E-state index is 14.4. The van der Waals surface area contributed by atoms with E-state index in [4.69, 9.17) is 19.4 Å². The summed E-state index contributed by atoms with van der Waals surface area (Å²) < 4.78 is 9.74. The molecule has 5 aromatic rings. The number of carbonyl (C=O) groups excluding carboxylic acids is 4. The molecule has 14 heteroatoms. The van der Waals surface area contributed by atoms with Gasteiger partial charge in [-0.3, -0.25) is 9.59 Å². The first-order valence-corrected chi connectivity index (χ1v) is 24.0. The molecule has 4 amide bonds. The number of rotatable bonds is 10. The zero-order valence-electron chi connectivity index (χ0n) is 39.1. The largest absolute Gasteiger partial charge is 0.453 e. The van der Waals surface area contributed by atoms with Crippen molar-refractivity contribution in [1.29, 1.82) is 0 Å². The fourth-order valence-corrected chi connectivity index (χ4v) is 11.1. The summed E-state index contributed by atoms with van der Waals surface area (Å²) >= 11 is 0. The van der Waals surface area contributed by atoms with Crippen molar-refractivity contribution in [2.45, 2.75) is 129 Å². The summed E-state index contributed by atoms with van der Waals surface area (Å²) in [4.78, 5) is 73.9. The maximum absolute atomic E-state index is 14.4. The van der Waals surface area contributed by atoms with Crippen molar-refractivity contribution in [3.05, 3.63) is 94.7 Å². The Morgan fingerprint density at radius 1 is 0.697 bits per heavy atom. The molecule has 66 heavy (non-hydrogen) atoms. The first-order valence-electron chi connectivity index (χ1n) is 24.0. The van der Waals surface area contributed by atoms with Crippen molar-refractivity contribution in [1.82, 2.24) is 40.4 Å². The Kier molecular flexibility index (Phi) is 12.9. The summed E-state index contributed by atoms with van der Waals surface area (Å²) in [5.74, 6) is 1.54. The van der Waals surface area contributed by atoms with E-state index >= 15 is 0 Å². The van der Waals surface area contributed by atoms with Gasteiger partial charge in [-0.25, -0.2) is 19.6 Å². The van der Waals surface area contributed by atoms with E-state index in [1.54, 1.807) is 0 Å². The fraction of sp³-hybridized carbons (Fsp3) is 0.500. The molecule has 2 aromatic heterocycles. The van der Waals surface area contributed by atoms with Crippen LogP contribution in [0.4, 0.5) is 9.59 Å². The molecule has 2 aliphatic heterocycles. The lowest BCUT2D eigenvalue weighted by Gasteiger charge is -2.36. The minimum Gasteiger partial charge on any atom is -0.453 e. The Bertz CT molecular complexity index is 2620. The third kappa shape index (κ3) is 8.90. The van der Waals surface area contributed by atoms with Crippen molar-refractivity contribution in [3.8, 4) is 22.4 Å². The SMILES string of the molecule is COC(=O)N[C@H](C(=O)N1CCC[C@H]1c1ncc(-c2cc3ccc2CCc2ccc(c(-c4ccc5nc([C@@H]6C[C@@H]7CCCC[C@@H]7N6C(=O)[C@@H](NC(=O)OC)C(C)C)[nH]c5c4)c2)CC3)[nH]1)C(C)C. The van der Waals surface area contributed by atoms with Crippen LogP contribution < -0.4 is 10.6 Å². The highest BCUT2D eigenvalue weighted by molar-refractivity contribution is 5.88. The lowest BCUT2D eigenvalue weighted by atomic mass is 9.84. The average molecular weight is 897 g/mol. The number of nitrogens with zero attached hydrogens (tertiary/aromatic N) is 4. The number of alkyl carbamates (subject to hydrolysis) is 2. The topological polar surface area (TPSA) is 175 Å². The van der Waals surface area contributed by atoms with Gasteiger partial charge < -0.3 is 39.9 Å². The standard InChI is InChI=1S/C52H64N8O6/c1-29(2)45(57-51(63)65-5)49(61)59-23-9-12-43(59)47-53-28-41(56-47)38-25-32-14-18-33-17-13-31(15-19-34(38)20-16-32)24-37(33)35-21-22-39-40(26-35)55-48(54-39)44-27-36-10-7-8-11-42(36)60(44)50(62)46(30(3)4)58-52(64)66-6/h13,16-17,20-22,24-26,28-30,36,42-46H,7-12,14-15,18-19,23,27H2,1-6H3,(H,53,56)(H,54,55)(H,57,63)(H,58,64)/t36-,42-,43-,44-,45-,46-/m0/s1. The van der Waals surface area contributed by atoms with Crippen molar-refractivity contribution in [2.24, 2.45) is 17.8 Å². The van der Waals surface area contributed by atoms with Crippen molar-refractivity contribution in [3.63, 3.8) is 0 Å². The van der Waals surface area contributed by atoms with E-state index in [0.717, 1.165) is 110 Å². The highest BCUT2D eigenvalue weighted by atomic mass is 16.5. The third-order valence-electron chi connectivity index (χ3n) is 14.7. The van der Waals surface area contributed by atoms with E-state index in [-0.39, 0.29) is 41.8 Å². The average Bonchev–Trinajstić information content (AvgIpc) is 4.15. The molecule has 348 valence electrons. The molecule has 5 aliphatic carbocycles. The molecular formula is C52H64N8O6. The summed E-state index contributed by atoms with van der Waals surface area (Å²) in [5.41, 5.74) is 11.2. The minimum absolute atomic E-state index is 0.0715. The van der Waals surface area contributed by atoms with Gasteiger partial charge >= 0.3 is 12.2 Å². The Labute approximate surface area is 387 Å². The van der Waals surface area contributed by atoms with Gasteiger partial charge in [0, 0.05) is 18.2 Å². The number of aryl methyl sites for hydroxylation is 4. The summed E-state index contributed by atoms with van der Waals surface area (Å²) in [6, 6.07) is 18.5. The number of nitrogens with one attached hydrogen (secondary N) is 4. The zero-order valence-corrected chi connectivity index (χ0v) is 39.1. The Morgan fingerprint density at radius 3 is 2.03 bits per heavy atom.